The van der Waals surface area contributed by atoms with Crippen molar-refractivity contribution in [1.29, 1.82) is 0 Å². The molecule has 3 N–H and O–H groups in total. The average molecular weight is 361 g/mol. The summed E-state index contributed by atoms with van der Waals surface area (Å²) in [7, 11) is 0. The van der Waals surface area contributed by atoms with Crippen LogP contribution < -0.4 is 20.5 Å². The Bertz CT molecular complexity index is 761. The number of hydrogen-bond donors (Lipinski definition) is 2. The summed E-state index contributed by atoms with van der Waals surface area (Å²) >= 11 is 6.13. The molecule has 6 heteroatoms. The van der Waals surface area contributed by atoms with Gasteiger partial charge >= 0.3 is 0 Å². The number of hydrogen-bond acceptors (Lipinski definition) is 4. The molecule has 25 heavy (non-hydrogen) atoms. The quantitative estimate of drug-likeness (QED) is 0.570. The van der Waals surface area contributed by atoms with Gasteiger partial charge in [0, 0.05) is 12.1 Å². The molecule has 0 spiro atoms. The lowest BCUT2D eigenvalue weighted by atomic mass is 10.2. The molecule has 0 radical (unpaired) electrons. The third kappa shape index (κ3) is 5.16. The summed E-state index contributed by atoms with van der Waals surface area (Å²) in [5.41, 5.74) is 7.66. The van der Waals surface area contributed by atoms with Crippen molar-refractivity contribution in [2.75, 3.05) is 24.3 Å². The molecule has 0 unspecified atom stereocenters. The van der Waals surface area contributed by atoms with Crippen molar-refractivity contribution in [2.24, 2.45) is 0 Å². The molecule has 0 fully saturated rings. The molecule has 0 atom stereocenters. The van der Waals surface area contributed by atoms with Crippen molar-refractivity contribution >= 4 is 35.0 Å². The Morgan fingerprint density at radius 3 is 2.40 bits per heavy atom. The molecule has 132 valence electrons. The van der Waals surface area contributed by atoms with Crippen molar-refractivity contribution < 1.29 is 14.3 Å². The molecular formula is C19H21ClN2O3. The van der Waals surface area contributed by atoms with Gasteiger partial charge in [-0.25, -0.2) is 0 Å². The summed E-state index contributed by atoms with van der Waals surface area (Å²) in [6.07, 6.45) is 1.60. The predicted molar refractivity (Wildman–Crippen MR) is 102 cm³/mol. The molecule has 5 nitrogen and oxygen atoms in total. The van der Waals surface area contributed by atoms with Gasteiger partial charge in [0.15, 0.2) is 0 Å². The first-order chi connectivity index (χ1) is 12.0. The van der Waals surface area contributed by atoms with Gasteiger partial charge in [-0.15, -0.1) is 0 Å². The molecule has 0 heterocycles. The van der Waals surface area contributed by atoms with E-state index in [1.807, 2.05) is 44.2 Å². The molecule has 0 saturated carbocycles. The Labute approximate surface area is 152 Å². The van der Waals surface area contributed by atoms with E-state index in [-0.39, 0.29) is 5.03 Å². The number of benzene rings is 2. The van der Waals surface area contributed by atoms with Crippen LogP contribution in [0.3, 0.4) is 0 Å². The van der Waals surface area contributed by atoms with Crippen LogP contribution in [0.1, 0.15) is 19.4 Å². The lowest BCUT2D eigenvalue weighted by Gasteiger charge is -2.15. The normalized spacial score (nSPS) is 11.1. The zero-order valence-electron chi connectivity index (χ0n) is 14.2. The maximum atomic E-state index is 12.4. The second kappa shape index (κ2) is 8.99. The third-order valence-corrected chi connectivity index (χ3v) is 3.55. The highest BCUT2D eigenvalue weighted by Gasteiger charge is 2.14. The summed E-state index contributed by atoms with van der Waals surface area (Å²) < 4.78 is 11.0. The van der Waals surface area contributed by atoms with Crippen LogP contribution in [-0.2, 0) is 4.79 Å². The zero-order chi connectivity index (χ0) is 18.2. The summed E-state index contributed by atoms with van der Waals surface area (Å²) in [4.78, 5) is 12.4. The first-order valence-corrected chi connectivity index (χ1v) is 8.35. The molecule has 0 aliphatic rings. The molecule has 2 aromatic rings. The second-order valence-electron chi connectivity index (χ2n) is 5.11. The molecule has 0 aromatic heterocycles. The number of amides is 1. The first kappa shape index (κ1) is 18.7. The van der Waals surface area contributed by atoms with Crippen LogP contribution in [0.2, 0.25) is 0 Å². The molecule has 0 aliphatic carbocycles. The fourth-order valence-electron chi connectivity index (χ4n) is 2.17. The molecule has 1 amide bonds. The van der Waals surface area contributed by atoms with E-state index in [0.717, 1.165) is 5.56 Å². The Balaban J connectivity index is 2.26. The number of nitrogen functional groups attached to an aromatic ring is 1. The van der Waals surface area contributed by atoms with Gasteiger partial charge < -0.3 is 20.5 Å². The van der Waals surface area contributed by atoms with E-state index < -0.39 is 5.91 Å². The summed E-state index contributed by atoms with van der Waals surface area (Å²) in [5, 5.41) is 2.80. The topological polar surface area (TPSA) is 73.6 Å². The van der Waals surface area contributed by atoms with E-state index in [9.17, 15) is 4.79 Å². The minimum absolute atomic E-state index is 0.0587. The van der Waals surface area contributed by atoms with Crippen LogP contribution >= 0.6 is 11.6 Å². The van der Waals surface area contributed by atoms with Gasteiger partial charge in [0.05, 0.1) is 24.6 Å². The van der Waals surface area contributed by atoms with Gasteiger partial charge in [0.1, 0.15) is 16.5 Å². The molecule has 0 aliphatic heterocycles. The summed E-state index contributed by atoms with van der Waals surface area (Å²) in [6.45, 7) is 4.60. The highest BCUT2D eigenvalue weighted by atomic mass is 35.5. The van der Waals surface area contributed by atoms with Crippen molar-refractivity contribution in [1.82, 2.24) is 0 Å². The molecular weight excluding hydrogens is 340 g/mol. The number of nitrogens with one attached hydrogen (secondary N) is 1. The Morgan fingerprint density at radius 2 is 1.76 bits per heavy atom. The second-order valence-corrected chi connectivity index (χ2v) is 5.52. The number of carbonyl (C=O) groups is 1. The van der Waals surface area contributed by atoms with Crippen LogP contribution in [0.15, 0.2) is 47.5 Å². The number of nitrogens with two attached hydrogens (primary N) is 1. The Kier molecular flexibility index (Phi) is 6.71. The van der Waals surface area contributed by atoms with Gasteiger partial charge in [0.25, 0.3) is 5.91 Å². The van der Waals surface area contributed by atoms with Crippen molar-refractivity contribution in [3.63, 3.8) is 0 Å². The lowest BCUT2D eigenvalue weighted by molar-refractivity contribution is -0.112. The largest absolute Gasteiger partial charge is 0.492 e. The van der Waals surface area contributed by atoms with E-state index in [2.05, 4.69) is 5.32 Å². The summed E-state index contributed by atoms with van der Waals surface area (Å²) in [6, 6.07) is 12.6. The number of ether oxygens (including phenoxy) is 2. The van der Waals surface area contributed by atoms with E-state index in [1.54, 1.807) is 18.2 Å². The maximum Gasteiger partial charge on any atom is 0.267 e. The number of rotatable bonds is 7. The molecule has 0 bridgehead atoms. The number of halogens is 1. The van der Waals surface area contributed by atoms with Gasteiger partial charge in [-0.2, -0.15) is 0 Å². The first-order valence-electron chi connectivity index (χ1n) is 7.97. The number of carbonyl (C=O) groups excluding carboxylic acids is 1. The SMILES string of the molecule is CCOc1cc(NC(=O)C(Cl)=Cc2ccccc2)c(OCC)cc1N. The van der Waals surface area contributed by atoms with Crippen LogP contribution in [0.5, 0.6) is 11.5 Å². The highest BCUT2D eigenvalue weighted by Crippen LogP contribution is 2.35. The van der Waals surface area contributed by atoms with E-state index in [4.69, 9.17) is 26.8 Å². The molecule has 2 rings (SSSR count). The van der Waals surface area contributed by atoms with Crippen molar-refractivity contribution in [2.45, 2.75) is 13.8 Å². The fraction of sp³-hybridized carbons (Fsp3) is 0.211. The highest BCUT2D eigenvalue weighted by molar-refractivity contribution is 6.45. The molecule has 2 aromatic carbocycles. The minimum atomic E-state index is -0.446. The minimum Gasteiger partial charge on any atom is -0.492 e. The van der Waals surface area contributed by atoms with Gasteiger partial charge in [-0.3, -0.25) is 4.79 Å². The van der Waals surface area contributed by atoms with Crippen LogP contribution in [0, 0.1) is 0 Å². The smallest absolute Gasteiger partial charge is 0.267 e. The van der Waals surface area contributed by atoms with Gasteiger partial charge in [0.2, 0.25) is 0 Å². The van der Waals surface area contributed by atoms with E-state index in [0.29, 0.717) is 36.1 Å². The van der Waals surface area contributed by atoms with E-state index >= 15 is 0 Å². The Hall–Kier alpha value is -2.66. The van der Waals surface area contributed by atoms with E-state index in [1.165, 1.54) is 0 Å². The van der Waals surface area contributed by atoms with Crippen LogP contribution in [-0.4, -0.2) is 19.1 Å². The van der Waals surface area contributed by atoms with Gasteiger partial charge in [-0.05, 0) is 25.5 Å². The summed E-state index contributed by atoms with van der Waals surface area (Å²) in [5.74, 6) is 0.490. The van der Waals surface area contributed by atoms with Crippen molar-refractivity contribution in [3.05, 3.63) is 53.1 Å². The number of anilines is 2. The molecule has 0 saturated heterocycles. The Morgan fingerprint density at radius 1 is 1.12 bits per heavy atom. The predicted octanol–water partition coefficient (Wildman–Crippen LogP) is 4.28. The average Bonchev–Trinajstić information content (AvgIpc) is 2.60. The van der Waals surface area contributed by atoms with Crippen molar-refractivity contribution in [3.8, 4) is 11.5 Å². The zero-order valence-corrected chi connectivity index (χ0v) is 15.0. The third-order valence-electron chi connectivity index (χ3n) is 3.27. The van der Waals surface area contributed by atoms with Gasteiger partial charge in [-0.1, -0.05) is 41.9 Å². The standard InChI is InChI=1S/C19H21ClN2O3/c1-3-24-17-12-16(18(25-4-2)11-15(17)21)22-19(23)14(20)10-13-8-6-5-7-9-13/h5-12H,3-4,21H2,1-2H3,(H,22,23). The van der Waals surface area contributed by atoms with Crippen LogP contribution in [0.4, 0.5) is 11.4 Å². The maximum absolute atomic E-state index is 12.4. The van der Waals surface area contributed by atoms with Crippen LogP contribution in [0.25, 0.3) is 6.08 Å². The fourth-order valence-corrected chi connectivity index (χ4v) is 2.35. The lowest BCUT2D eigenvalue weighted by Crippen LogP contribution is -2.13. The monoisotopic (exact) mass is 360 g/mol.